The van der Waals surface area contributed by atoms with E-state index in [-0.39, 0.29) is 17.8 Å². The summed E-state index contributed by atoms with van der Waals surface area (Å²) < 4.78 is 0. The Balaban J connectivity index is 2.31. The van der Waals surface area contributed by atoms with Gasteiger partial charge in [-0.3, -0.25) is 9.59 Å². The van der Waals surface area contributed by atoms with E-state index in [1.54, 1.807) is 0 Å². The van der Waals surface area contributed by atoms with Crippen LogP contribution in [0.2, 0.25) is 0 Å². The molecule has 0 aromatic carbocycles. The number of hydrogen-bond acceptors (Lipinski definition) is 3. The van der Waals surface area contributed by atoms with Crippen LogP contribution in [0, 0.1) is 0 Å². The fraction of sp³-hybridized carbons (Fsp3) is 0.444. The number of carboxylic acids is 1. The largest absolute Gasteiger partial charge is 0.481 e. The Morgan fingerprint density at radius 3 is 2.93 bits per heavy atom. The highest BCUT2D eigenvalue weighted by molar-refractivity contribution is 5.68. The van der Waals surface area contributed by atoms with Crippen LogP contribution in [0.15, 0.2) is 10.9 Å². The lowest BCUT2D eigenvalue weighted by molar-refractivity contribution is -0.136. The Kier molecular flexibility index (Phi) is 2.07. The van der Waals surface area contributed by atoms with Crippen molar-refractivity contribution in [2.24, 2.45) is 0 Å². The first-order chi connectivity index (χ1) is 6.65. The third-order valence-corrected chi connectivity index (χ3v) is 2.12. The second kappa shape index (κ2) is 3.25. The van der Waals surface area contributed by atoms with Crippen LogP contribution in [-0.2, 0) is 11.2 Å². The molecule has 0 aliphatic heterocycles. The quantitative estimate of drug-likeness (QED) is 0.723. The number of nitrogens with one attached hydrogen (secondary N) is 1. The lowest BCUT2D eigenvalue weighted by Gasteiger charge is -1.99. The Bertz CT molecular complexity index is 420. The molecule has 1 aromatic heterocycles. The van der Waals surface area contributed by atoms with E-state index < -0.39 is 5.97 Å². The molecular weight excluding hydrogens is 184 g/mol. The molecule has 0 atom stereocenters. The number of carboxylic acid groups (broad SMARTS) is 1. The van der Waals surface area contributed by atoms with Crippen molar-refractivity contribution in [2.75, 3.05) is 0 Å². The average Bonchev–Trinajstić information content (AvgIpc) is 2.82. The van der Waals surface area contributed by atoms with E-state index in [4.69, 9.17) is 5.11 Å². The SMILES string of the molecule is O=C(O)Cc1nc(C2CC2)cc(=O)[nH]1. The molecular formula is C9H10N2O3. The molecule has 0 bridgehead atoms. The summed E-state index contributed by atoms with van der Waals surface area (Å²) in [5.74, 6) is -0.377. The maximum Gasteiger partial charge on any atom is 0.311 e. The first-order valence-electron chi connectivity index (χ1n) is 4.47. The van der Waals surface area contributed by atoms with Crippen molar-refractivity contribution in [3.8, 4) is 0 Å². The number of hydrogen-bond donors (Lipinski definition) is 2. The molecule has 1 aliphatic carbocycles. The van der Waals surface area contributed by atoms with Gasteiger partial charge in [0, 0.05) is 12.0 Å². The second-order valence-corrected chi connectivity index (χ2v) is 3.46. The van der Waals surface area contributed by atoms with Gasteiger partial charge in [0.2, 0.25) is 0 Å². The van der Waals surface area contributed by atoms with Gasteiger partial charge < -0.3 is 10.1 Å². The Morgan fingerprint density at radius 1 is 1.64 bits per heavy atom. The zero-order valence-electron chi connectivity index (χ0n) is 7.49. The van der Waals surface area contributed by atoms with Gasteiger partial charge in [-0.15, -0.1) is 0 Å². The highest BCUT2D eigenvalue weighted by atomic mass is 16.4. The maximum absolute atomic E-state index is 11.1. The molecule has 0 amide bonds. The highest BCUT2D eigenvalue weighted by Crippen LogP contribution is 2.38. The zero-order valence-corrected chi connectivity index (χ0v) is 7.49. The van der Waals surface area contributed by atoms with Crippen LogP contribution in [-0.4, -0.2) is 21.0 Å². The molecule has 2 N–H and O–H groups in total. The zero-order chi connectivity index (χ0) is 10.1. The van der Waals surface area contributed by atoms with E-state index in [9.17, 15) is 9.59 Å². The molecule has 0 unspecified atom stereocenters. The van der Waals surface area contributed by atoms with Crippen LogP contribution in [0.5, 0.6) is 0 Å². The first-order valence-corrected chi connectivity index (χ1v) is 4.47. The van der Waals surface area contributed by atoms with Gasteiger partial charge in [0.1, 0.15) is 12.2 Å². The summed E-state index contributed by atoms with van der Waals surface area (Å²) in [6, 6.07) is 1.45. The number of nitrogens with zero attached hydrogens (tertiary/aromatic N) is 1. The van der Waals surface area contributed by atoms with E-state index in [0.29, 0.717) is 5.92 Å². The van der Waals surface area contributed by atoms with Crippen molar-refractivity contribution < 1.29 is 9.90 Å². The van der Waals surface area contributed by atoms with Crippen LogP contribution in [0.1, 0.15) is 30.3 Å². The molecule has 2 rings (SSSR count). The average molecular weight is 194 g/mol. The molecule has 1 heterocycles. The predicted molar refractivity (Wildman–Crippen MR) is 48.2 cm³/mol. The van der Waals surface area contributed by atoms with E-state index in [1.807, 2.05) is 0 Å². The van der Waals surface area contributed by atoms with Crippen molar-refractivity contribution in [1.29, 1.82) is 0 Å². The molecule has 14 heavy (non-hydrogen) atoms. The van der Waals surface area contributed by atoms with Gasteiger partial charge in [0.05, 0.1) is 5.69 Å². The minimum Gasteiger partial charge on any atom is -0.481 e. The molecule has 5 nitrogen and oxygen atoms in total. The van der Waals surface area contributed by atoms with E-state index in [1.165, 1.54) is 6.07 Å². The molecule has 0 radical (unpaired) electrons. The number of rotatable bonds is 3. The molecule has 1 aromatic rings. The van der Waals surface area contributed by atoms with Gasteiger partial charge in [-0.2, -0.15) is 0 Å². The van der Waals surface area contributed by atoms with Gasteiger partial charge >= 0.3 is 5.97 Å². The van der Waals surface area contributed by atoms with Crippen molar-refractivity contribution >= 4 is 5.97 Å². The van der Waals surface area contributed by atoms with Gasteiger partial charge in [-0.05, 0) is 12.8 Å². The fourth-order valence-corrected chi connectivity index (χ4v) is 1.34. The molecule has 0 saturated heterocycles. The summed E-state index contributed by atoms with van der Waals surface area (Å²) in [6.07, 6.45) is 1.86. The standard InChI is InChI=1S/C9H10N2O3/c12-8-3-6(5-1-2-5)10-7(11-8)4-9(13)14/h3,5H,1-2,4H2,(H,13,14)(H,10,11,12). The summed E-state index contributed by atoms with van der Waals surface area (Å²) >= 11 is 0. The molecule has 0 spiro atoms. The maximum atomic E-state index is 11.1. The van der Waals surface area contributed by atoms with E-state index in [0.717, 1.165) is 18.5 Å². The van der Waals surface area contributed by atoms with Crippen LogP contribution in [0.25, 0.3) is 0 Å². The Hall–Kier alpha value is -1.65. The molecule has 1 saturated carbocycles. The number of aromatic amines is 1. The monoisotopic (exact) mass is 194 g/mol. The summed E-state index contributed by atoms with van der Waals surface area (Å²) in [5, 5.41) is 8.54. The van der Waals surface area contributed by atoms with Crippen molar-refractivity contribution in [2.45, 2.75) is 25.2 Å². The minimum atomic E-state index is -0.985. The summed E-state index contributed by atoms with van der Waals surface area (Å²) in [6.45, 7) is 0. The van der Waals surface area contributed by atoms with Gasteiger partial charge in [-0.1, -0.05) is 0 Å². The van der Waals surface area contributed by atoms with Crippen molar-refractivity contribution in [3.05, 3.63) is 27.9 Å². The van der Waals surface area contributed by atoms with Gasteiger partial charge in [0.25, 0.3) is 5.56 Å². The normalized spacial score (nSPS) is 15.4. The topological polar surface area (TPSA) is 83.0 Å². The predicted octanol–water partition coefficient (Wildman–Crippen LogP) is 0.274. The fourth-order valence-electron chi connectivity index (χ4n) is 1.34. The smallest absolute Gasteiger partial charge is 0.311 e. The van der Waals surface area contributed by atoms with E-state index >= 15 is 0 Å². The summed E-state index contributed by atoms with van der Waals surface area (Å²) in [4.78, 5) is 28.1. The van der Waals surface area contributed by atoms with Gasteiger partial charge in [-0.25, -0.2) is 4.98 Å². The number of aromatic nitrogens is 2. The minimum absolute atomic E-state index is 0.226. The Labute approximate surface area is 79.8 Å². The van der Waals surface area contributed by atoms with Crippen LogP contribution in [0.4, 0.5) is 0 Å². The number of aliphatic carboxylic acids is 1. The number of H-pyrrole nitrogens is 1. The number of carbonyl (C=O) groups is 1. The molecule has 5 heteroatoms. The summed E-state index contributed by atoms with van der Waals surface area (Å²) in [7, 11) is 0. The first kappa shape index (κ1) is 8.93. The molecule has 1 fully saturated rings. The molecule has 1 aliphatic rings. The molecule has 74 valence electrons. The second-order valence-electron chi connectivity index (χ2n) is 3.46. The third-order valence-electron chi connectivity index (χ3n) is 2.12. The highest BCUT2D eigenvalue weighted by Gasteiger charge is 2.25. The van der Waals surface area contributed by atoms with Crippen LogP contribution >= 0.6 is 0 Å². The van der Waals surface area contributed by atoms with Crippen LogP contribution in [0.3, 0.4) is 0 Å². The summed E-state index contributed by atoms with van der Waals surface area (Å²) in [5.41, 5.74) is 0.461. The van der Waals surface area contributed by atoms with Crippen molar-refractivity contribution in [3.63, 3.8) is 0 Å². The Morgan fingerprint density at radius 2 is 2.36 bits per heavy atom. The third kappa shape index (κ3) is 1.99. The van der Waals surface area contributed by atoms with Crippen molar-refractivity contribution in [1.82, 2.24) is 9.97 Å². The lowest BCUT2D eigenvalue weighted by Crippen LogP contribution is -2.15. The lowest BCUT2D eigenvalue weighted by atomic mass is 10.2. The van der Waals surface area contributed by atoms with Gasteiger partial charge in [0.15, 0.2) is 0 Å². The van der Waals surface area contributed by atoms with E-state index in [2.05, 4.69) is 9.97 Å². The van der Waals surface area contributed by atoms with Crippen LogP contribution < -0.4 is 5.56 Å².